The van der Waals surface area contributed by atoms with Crippen LogP contribution in [0.4, 0.5) is 0 Å². The van der Waals surface area contributed by atoms with Crippen molar-refractivity contribution < 1.29 is 49.3 Å². The number of hydrogen-bond donors (Lipinski definition) is 6. The number of hydrogen-bond acceptors (Lipinski definition) is 10. The fourth-order valence-corrected chi connectivity index (χ4v) is 11.5. The van der Waals surface area contributed by atoms with Crippen molar-refractivity contribution in [2.45, 2.75) is 378 Å². The van der Waals surface area contributed by atoms with E-state index in [-0.39, 0.29) is 19.4 Å². The summed E-state index contributed by atoms with van der Waals surface area (Å²) in [5, 5.41) is 57.4. The molecule has 0 aromatic rings. The standard InChI is InChI=1S/C83H143NO10/c1-4-7-10-13-16-19-22-25-27-29-31-33-35-37-39-41-43-45-47-49-51-53-56-59-62-65-68-71-78(88)94-81-80(90)79(89)77(72-85)93-83(81)92-73-74(75(86)69-66-63-60-57-54-24-21-18-15-12-9-6-3)84-82(91)76(87)70-67-64-61-58-55-52-50-48-46-44-42-40-38-36-34-32-30-28-26-23-20-17-14-11-8-5-2/h7,10,16-17,19-20,25-28,31-34,37,39,43,45,66,69,74-77,79-81,83,85-87,89-90H,4-6,8-9,11-15,18,21-24,29-30,35-36,38,40-42,44,46-65,67-68,70-73H2,1-3H3,(H,84,91)/b10-7-,19-16-,20-17-,27-25-,28-26-,33-31-,34-32-,39-37-,45-43-,69-66+. The summed E-state index contributed by atoms with van der Waals surface area (Å²) in [6.45, 7) is 5.68. The number of allylic oxidation sites excluding steroid dienone is 19. The van der Waals surface area contributed by atoms with E-state index in [1.807, 2.05) is 6.08 Å². The van der Waals surface area contributed by atoms with Crippen LogP contribution in [0.1, 0.15) is 329 Å². The Morgan fingerprint density at radius 1 is 0.426 bits per heavy atom. The van der Waals surface area contributed by atoms with Gasteiger partial charge in [0.1, 0.15) is 24.4 Å². The molecule has 6 N–H and O–H groups in total. The van der Waals surface area contributed by atoms with E-state index in [1.54, 1.807) is 6.08 Å². The number of carbonyl (C=O) groups is 2. The Hall–Kier alpha value is -3.94. The molecular weight excluding hydrogens is 1170 g/mol. The number of unbranched alkanes of at least 4 members (excludes halogenated alkanes) is 34. The van der Waals surface area contributed by atoms with E-state index >= 15 is 0 Å². The molecule has 94 heavy (non-hydrogen) atoms. The summed E-state index contributed by atoms with van der Waals surface area (Å²) in [7, 11) is 0. The van der Waals surface area contributed by atoms with Crippen molar-refractivity contribution in [3.8, 4) is 0 Å². The van der Waals surface area contributed by atoms with Crippen LogP contribution >= 0.6 is 0 Å². The van der Waals surface area contributed by atoms with Crippen molar-refractivity contribution >= 4 is 11.9 Å². The lowest BCUT2D eigenvalue weighted by atomic mass is 9.99. The number of amides is 1. The molecule has 1 saturated heterocycles. The van der Waals surface area contributed by atoms with Gasteiger partial charge in [0.15, 0.2) is 12.4 Å². The average Bonchev–Trinajstić information content (AvgIpc) is 0.814. The summed E-state index contributed by atoms with van der Waals surface area (Å²) in [6, 6.07) is -1.03. The highest BCUT2D eigenvalue weighted by molar-refractivity contribution is 5.80. The van der Waals surface area contributed by atoms with Crippen LogP contribution in [0.25, 0.3) is 0 Å². The molecule has 0 saturated carbocycles. The number of rotatable bonds is 66. The first-order valence-electron chi connectivity index (χ1n) is 38.8. The Morgan fingerprint density at radius 2 is 0.766 bits per heavy atom. The maximum atomic E-state index is 13.5. The molecule has 0 bridgehead atoms. The van der Waals surface area contributed by atoms with Gasteiger partial charge in [-0.15, -0.1) is 0 Å². The molecule has 0 aromatic carbocycles. The van der Waals surface area contributed by atoms with Gasteiger partial charge >= 0.3 is 5.97 Å². The minimum atomic E-state index is -1.63. The molecule has 11 nitrogen and oxygen atoms in total. The number of carbonyl (C=O) groups excluding carboxylic acids is 2. The van der Waals surface area contributed by atoms with Crippen LogP contribution in [0.15, 0.2) is 122 Å². The first kappa shape index (κ1) is 88.1. The molecule has 11 heteroatoms. The Bertz CT molecular complexity index is 2000. The van der Waals surface area contributed by atoms with E-state index in [4.69, 9.17) is 14.2 Å². The van der Waals surface area contributed by atoms with Gasteiger partial charge in [-0.05, 0) is 116 Å². The smallest absolute Gasteiger partial charge is 0.306 e. The lowest BCUT2D eigenvalue weighted by Crippen LogP contribution is -2.61. The highest BCUT2D eigenvalue weighted by Crippen LogP contribution is 2.26. The summed E-state index contributed by atoms with van der Waals surface area (Å²) < 4.78 is 17.7. The van der Waals surface area contributed by atoms with Gasteiger partial charge in [0.25, 0.3) is 0 Å². The fourth-order valence-electron chi connectivity index (χ4n) is 11.5. The SMILES string of the molecule is CC/C=C\C/C=C\C/C=C\C/C=C\C/C=C\C/C=C\CCCCCCCCCCC(=O)OC1C(OCC(NC(=O)C(O)CCCCCCCCCCCCCCC/C=C\C/C=C\C/C=C\CCCCC)C(O)/C=C/CCCCCCCCCCCC)OC(CO)C(O)C1O. The molecule has 1 aliphatic heterocycles. The molecule has 0 aromatic heterocycles. The second-order valence-corrected chi connectivity index (χ2v) is 26.4. The zero-order chi connectivity index (χ0) is 68.1. The van der Waals surface area contributed by atoms with E-state index in [2.05, 4.69) is 135 Å². The number of aliphatic hydroxyl groups excluding tert-OH is 5. The zero-order valence-corrected chi connectivity index (χ0v) is 60.3. The number of ether oxygens (including phenoxy) is 3. The van der Waals surface area contributed by atoms with Crippen LogP contribution < -0.4 is 5.32 Å². The van der Waals surface area contributed by atoms with Gasteiger partial charge in [0.05, 0.1) is 25.4 Å². The molecule has 540 valence electrons. The highest BCUT2D eigenvalue weighted by atomic mass is 16.7. The van der Waals surface area contributed by atoms with Crippen molar-refractivity contribution in [2.24, 2.45) is 0 Å². The zero-order valence-electron chi connectivity index (χ0n) is 60.3. The van der Waals surface area contributed by atoms with Gasteiger partial charge in [0.2, 0.25) is 5.91 Å². The molecule has 1 amide bonds. The molecule has 1 heterocycles. The molecule has 0 radical (unpaired) electrons. The third-order valence-electron chi connectivity index (χ3n) is 17.6. The molecular formula is C83H143NO10. The molecule has 0 aliphatic carbocycles. The Balaban J connectivity index is 2.53. The summed E-state index contributed by atoms with van der Waals surface area (Å²) in [5.74, 6) is -1.20. The summed E-state index contributed by atoms with van der Waals surface area (Å²) in [6.07, 6.45) is 86.7. The third-order valence-corrected chi connectivity index (χ3v) is 17.6. The number of aliphatic hydroxyl groups is 5. The Morgan fingerprint density at radius 3 is 1.17 bits per heavy atom. The maximum absolute atomic E-state index is 13.5. The topological polar surface area (TPSA) is 175 Å². The Kier molecular flexibility index (Phi) is 64.6. The average molecular weight is 1320 g/mol. The van der Waals surface area contributed by atoms with Crippen LogP contribution in [-0.2, 0) is 23.8 Å². The van der Waals surface area contributed by atoms with E-state index in [9.17, 15) is 35.1 Å². The van der Waals surface area contributed by atoms with Gasteiger partial charge in [-0.3, -0.25) is 9.59 Å². The van der Waals surface area contributed by atoms with Crippen LogP contribution in [0.2, 0.25) is 0 Å². The van der Waals surface area contributed by atoms with E-state index in [0.29, 0.717) is 12.8 Å². The van der Waals surface area contributed by atoms with Gasteiger partial charge in [-0.25, -0.2) is 0 Å². The van der Waals surface area contributed by atoms with Crippen molar-refractivity contribution in [3.05, 3.63) is 122 Å². The first-order valence-corrected chi connectivity index (χ1v) is 38.8. The lowest BCUT2D eigenvalue weighted by molar-refractivity contribution is -0.305. The highest BCUT2D eigenvalue weighted by Gasteiger charge is 2.47. The molecule has 1 rings (SSSR count). The summed E-state index contributed by atoms with van der Waals surface area (Å²) in [4.78, 5) is 26.8. The molecule has 8 unspecified atom stereocenters. The van der Waals surface area contributed by atoms with Gasteiger partial charge in [-0.2, -0.15) is 0 Å². The minimum absolute atomic E-state index is 0.108. The van der Waals surface area contributed by atoms with Crippen LogP contribution in [0, 0.1) is 0 Å². The quantitative estimate of drug-likeness (QED) is 0.0195. The second-order valence-electron chi connectivity index (χ2n) is 26.4. The minimum Gasteiger partial charge on any atom is -0.454 e. The van der Waals surface area contributed by atoms with Crippen molar-refractivity contribution in [2.75, 3.05) is 13.2 Å². The van der Waals surface area contributed by atoms with E-state index in [0.717, 1.165) is 122 Å². The monoisotopic (exact) mass is 1310 g/mol. The van der Waals surface area contributed by atoms with E-state index in [1.165, 1.54) is 161 Å². The number of esters is 1. The van der Waals surface area contributed by atoms with Gasteiger partial charge in [-0.1, -0.05) is 328 Å². The molecule has 8 atom stereocenters. The maximum Gasteiger partial charge on any atom is 0.306 e. The summed E-state index contributed by atoms with van der Waals surface area (Å²) >= 11 is 0. The second kappa shape index (κ2) is 69.0. The molecule has 1 aliphatic rings. The lowest BCUT2D eigenvalue weighted by Gasteiger charge is -2.41. The summed E-state index contributed by atoms with van der Waals surface area (Å²) in [5.41, 5.74) is 0. The third kappa shape index (κ3) is 55.1. The van der Waals surface area contributed by atoms with Crippen LogP contribution in [0.5, 0.6) is 0 Å². The largest absolute Gasteiger partial charge is 0.454 e. The molecule has 1 fully saturated rings. The fraction of sp³-hybridized carbons (Fsp3) is 0.735. The number of nitrogens with one attached hydrogen (secondary N) is 1. The van der Waals surface area contributed by atoms with E-state index < -0.39 is 67.4 Å². The van der Waals surface area contributed by atoms with Crippen molar-refractivity contribution in [1.82, 2.24) is 5.32 Å². The predicted molar refractivity (Wildman–Crippen MR) is 398 cm³/mol. The normalized spacial score (nSPS) is 18.5. The van der Waals surface area contributed by atoms with Gasteiger partial charge in [0, 0.05) is 6.42 Å². The predicted octanol–water partition coefficient (Wildman–Crippen LogP) is 20.9. The van der Waals surface area contributed by atoms with Gasteiger partial charge < -0.3 is 45.1 Å². The van der Waals surface area contributed by atoms with Crippen LogP contribution in [-0.4, -0.2) is 99.6 Å². The van der Waals surface area contributed by atoms with Crippen molar-refractivity contribution in [1.29, 1.82) is 0 Å². The van der Waals surface area contributed by atoms with Crippen LogP contribution in [0.3, 0.4) is 0 Å². The first-order chi connectivity index (χ1) is 46.2. The Labute approximate surface area is 576 Å². The van der Waals surface area contributed by atoms with Crippen molar-refractivity contribution in [3.63, 3.8) is 0 Å². The molecule has 0 spiro atoms.